The first-order chi connectivity index (χ1) is 16.9. The zero-order valence-electron chi connectivity index (χ0n) is 20.0. The minimum atomic E-state index is -0.769. The van der Waals surface area contributed by atoms with Gasteiger partial charge in [0.2, 0.25) is 0 Å². The maximum atomic E-state index is 13.2. The Kier molecular flexibility index (Phi) is 7.15. The molecule has 1 unspecified atom stereocenters. The third kappa shape index (κ3) is 5.19. The van der Waals surface area contributed by atoms with E-state index >= 15 is 0 Å². The van der Waals surface area contributed by atoms with Crippen molar-refractivity contribution in [2.75, 3.05) is 6.61 Å². The number of carbonyl (C=O) groups is 2. The van der Waals surface area contributed by atoms with Crippen LogP contribution in [0.1, 0.15) is 43.5 Å². The second-order valence-electron chi connectivity index (χ2n) is 8.48. The summed E-state index contributed by atoms with van der Waals surface area (Å²) in [5.41, 5.74) is 1.94. The number of aromatic nitrogens is 1. The Bertz CT molecular complexity index is 1220. The number of rotatable bonds is 8. The van der Waals surface area contributed by atoms with Gasteiger partial charge in [0.15, 0.2) is 0 Å². The summed E-state index contributed by atoms with van der Waals surface area (Å²) < 4.78 is 11.2. The lowest BCUT2D eigenvalue weighted by molar-refractivity contribution is -0.140. The number of ether oxygens (including phenoxy) is 2. The topological polar surface area (TPSA) is 89.0 Å². The van der Waals surface area contributed by atoms with Crippen LogP contribution >= 0.6 is 0 Å². The van der Waals surface area contributed by atoms with Crippen LogP contribution in [0.15, 0.2) is 78.6 Å². The number of aliphatic hydroxyl groups is 1. The molecule has 0 radical (unpaired) electrons. The maximum Gasteiger partial charge on any atom is 0.295 e. The second kappa shape index (κ2) is 10.4. The number of ketones is 1. The average Bonchev–Trinajstić information content (AvgIpc) is 3.10. The summed E-state index contributed by atoms with van der Waals surface area (Å²) in [5, 5.41) is 11.2. The number of amides is 1. The summed E-state index contributed by atoms with van der Waals surface area (Å²) in [6, 6.07) is 16.9. The van der Waals surface area contributed by atoms with Gasteiger partial charge in [0.05, 0.1) is 24.3 Å². The molecular formula is C28H28N2O5. The van der Waals surface area contributed by atoms with E-state index < -0.39 is 17.7 Å². The molecular weight excluding hydrogens is 444 g/mol. The molecule has 0 aliphatic carbocycles. The standard InChI is InChI=1S/C28H28N2O5/c1-4-34-22-11-9-21(10-12-22)26(31)24-25(20-7-13-23(14-8-20)35-18(2)3)30(28(33)27(24)32)17-19-6-5-15-29-16-19/h5-16,18,25,31H,4,17H2,1-3H3/b26-24+. The molecule has 0 spiro atoms. The fourth-order valence-electron chi connectivity index (χ4n) is 4.11. The third-order valence-electron chi connectivity index (χ3n) is 5.62. The number of likely N-dealkylation sites (tertiary alicyclic amines) is 1. The molecule has 1 saturated heterocycles. The van der Waals surface area contributed by atoms with Crippen LogP contribution in [-0.2, 0) is 16.1 Å². The first-order valence-electron chi connectivity index (χ1n) is 11.6. The van der Waals surface area contributed by atoms with Gasteiger partial charge in [0, 0.05) is 24.5 Å². The number of Topliss-reactive ketones (excluding diaryl/α,β-unsaturated/α-hetero) is 1. The molecule has 1 aliphatic heterocycles. The van der Waals surface area contributed by atoms with E-state index in [0.29, 0.717) is 29.2 Å². The molecule has 2 aromatic carbocycles. The van der Waals surface area contributed by atoms with Gasteiger partial charge in [-0.15, -0.1) is 0 Å². The molecule has 1 amide bonds. The number of hydrogen-bond donors (Lipinski definition) is 1. The highest BCUT2D eigenvalue weighted by Crippen LogP contribution is 2.40. The van der Waals surface area contributed by atoms with Crippen LogP contribution in [0.25, 0.3) is 5.76 Å². The van der Waals surface area contributed by atoms with Gasteiger partial charge in [-0.3, -0.25) is 14.6 Å². The fraction of sp³-hybridized carbons (Fsp3) is 0.250. The molecule has 3 aromatic rings. The monoisotopic (exact) mass is 472 g/mol. The molecule has 1 atom stereocenters. The summed E-state index contributed by atoms with van der Waals surface area (Å²) in [4.78, 5) is 32.0. The van der Waals surface area contributed by atoms with E-state index in [1.54, 1.807) is 54.9 Å². The SMILES string of the molecule is CCOc1ccc(/C(O)=C2\C(=O)C(=O)N(Cc3cccnc3)C2c2ccc(OC(C)C)cc2)cc1. The molecule has 2 heterocycles. The Balaban J connectivity index is 1.79. The Hall–Kier alpha value is -4.13. The molecule has 7 nitrogen and oxygen atoms in total. The van der Waals surface area contributed by atoms with Crippen molar-refractivity contribution in [3.63, 3.8) is 0 Å². The summed E-state index contributed by atoms with van der Waals surface area (Å²) in [7, 11) is 0. The van der Waals surface area contributed by atoms with Crippen molar-refractivity contribution in [2.45, 2.75) is 39.5 Å². The van der Waals surface area contributed by atoms with Gasteiger partial charge in [-0.2, -0.15) is 0 Å². The highest BCUT2D eigenvalue weighted by atomic mass is 16.5. The molecule has 0 bridgehead atoms. The maximum absolute atomic E-state index is 13.2. The van der Waals surface area contributed by atoms with Crippen molar-refractivity contribution in [2.24, 2.45) is 0 Å². The van der Waals surface area contributed by atoms with E-state index in [1.165, 1.54) is 4.90 Å². The largest absolute Gasteiger partial charge is 0.507 e. The minimum absolute atomic E-state index is 0.0109. The number of aliphatic hydroxyl groups excluding tert-OH is 1. The number of benzene rings is 2. The Labute approximate surface area is 204 Å². The predicted molar refractivity (Wildman–Crippen MR) is 132 cm³/mol. The molecule has 4 rings (SSSR count). The van der Waals surface area contributed by atoms with E-state index in [1.807, 2.05) is 39.0 Å². The van der Waals surface area contributed by atoms with Crippen LogP contribution in [0.3, 0.4) is 0 Å². The molecule has 1 fully saturated rings. The number of nitrogens with zero attached hydrogens (tertiary/aromatic N) is 2. The van der Waals surface area contributed by atoms with Crippen LogP contribution in [0.4, 0.5) is 0 Å². The van der Waals surface area contributed by atoms with Gasteiger partial charge in [0.25, 0.3) is 11.7 Å². The smallest absolute Gasteiger partial charge is 0.295 e. The van der Waals surface area contributed by atoms with E-state index in [9.17, 15) is 14.7 Å². The molecule has 1 aromatic heterocycles. The first kappa shape index (κ1) is 24.0. The van der Waals surface area contributed by atoms with E-state index in [4.69, 9.17) is 9.47 Å². The zero-order valence-corrected chi connectivity index (χ0v) is 20.0. The molecule has 1 N–H and O–H groups in total. The molecule has 7 heteroatoms. The highest BCUT2D eigenvalue weighted by molar-refractivity contribution is 6.46. The van der Waals surface area contributed by atoms with Gasteiger partial charge in [0.1, 0.15) is 17.3 Å². The van der Waals surface area contributed by atoms with Crippen LogP contribution in [-0.4, -0.2) is 39.4 Å². The van der Waals surface area contributed by atoms with Crippen LogP contribution in [0.2, 0.25) is 0 Å². The molecule has 35 heavy (non-hydrogen) atoms. The number of hydrogen-bond acceptors (Lipinski definition) is 6. The van der Waals surface area contributed by atoms with E-state index in [0.717, 1.165) is 5.56 Å². The van der Waals surface area contributed by atoms with Crippen molar-refractivity contribution in [3.8, 4) is 11.5 Å². The first-order valence-corrected chi connectivity index (χ1v) is 11.6. The lowest BCUT2D eigenvalue weighted by atomic mass is 9.95. The van der Waals surface area contributed by atoms with Gasteiger partial charge in [-0.25, -0.2) is 0 Å². The van der Waals surface area contributed by atoms with Crippen molar-refractivity contribution >= 4 is 17.4 Å². The van der Waals surface area contributed by atoms with Crippen LogP contribution in [0, 0.1) is 0 Å². The highest BCUT2D eigenvalue weighted by Gasteiger charge is 2.46. The minimum Gasteiger partial charge on any atom is -0.507 e. The fourth-order valence-corrected chi connectivity index (χ4v) is 4.11. The van der Waals surface area contributed by atoms with Crippen molar-refractivity contribution in [1.29, 1.82) is 0 Å². The molecule has 1 aliphatic rings. The van der Waals surface area contributed by atoms with E-state index in [2.05, 4.69) is 4.98 Å². The van der Waals surface area contributed by atoms with Crippen LogP contribution in [0.5, 0.6) is 11.5 Å². The lowest BCUT2D eigenvalue weighted by Crippen LogP contribution is -2.29. The summed E-state index contributed by atoms with van der Waals surface area (Å²) in [6.45, 7) is 6.45. The lowest BCUT2D eigenvalue weighted by Gasteiger charge is -2.25. The second-order valence-corrected chi connectivity index (χ2v) is 8.48. The van der Waals surface area contributed by atoms with Crippen molar-refractivity contribution in [1.82, 2.24) is 9.88 Å². The van der Waals surface area contributed by atoms with Gasteiger partial charge in [-0.1, -0.05) is 18.2 Å². The quantitative estimate of drug-likeness (QED) is 0.285. The Morgan fingerprint density at radius 1 is 1.03 bits per heavy atom. The van der Waals surface area contributed by atoms with Gasteiger partial charge < -0.3 is 19.5 Å². The Morgan fingerprint density at radius 3 is 2.31 bits per heavy atom. The molecule has 180 valence electrons. The zero-order chi connectivity index (χ0) is 24.9. The van der Waals surface area contributed by atoms with Crippen molar-refractivity contribution in [3.05, 3.63) is 95.3 Å². The van der Waals surface area contributed by atoms with Gasteiger partial charge >= 0.3 is 0 Å². The normalized spacial score (nSPS) is 17.1. The average molecular weight is 473 g/mol. The summed E-state index contributed by atoms with van der Waals surface area (Å²) in [5.74, 6) is -0.299. The van der Waals surface area contributed by atoms with Crippen LogP contribution < -0.4 is 9.47 Å². The third-order valence-corrected chi connectivity index (χ3v) is 5.62. The molecule has 0 saturated carbocycles. The summed E-state index contributed by atoms with van der Waals surface area (Å²) >= 11 is 0. The van der Waals surface area contributed by atoms with E-state index in [-0.39, 0.29) is 24.0 Å². The summed E-state index contributed by atoms with van der Waals surface area (Å²) in [6.07, 6.45) is 3.31. The Morgan fingerprint density at radius 2 is 1.71 bits per heavy atom. The predicted octanol–water partition coefficient (Wildman–Crippen LogP) is 4.89. The number of carbonyl (C=O) groups excluding carboxylic acids is 2. The van der Waals surface area contributed by atoms with Gasteiger partial charge in [-0.05, 0) is 74.4 Å². The van der Waals surface area contributed by atoms with Crippen molar-refractivity contribution < 1.29 is 24.2 Å². The number of pyridine rings is 1.